The molecule has 0 atom stereocenters. The smallest absolute Gasteiger partial charge is 0.352 e. The number of halogens is 1. The molecule has 0 bridgehead atoms. The predicted molar refractivity (Wildman–Crippen MR) is 99.2 cm³/mol. The zero-order valence-electron chi connectivity index (χ0n) is 14.4. The highest BCUT2D eigenvalue weighted by Gasteiger charge is 2.22. The van der Waals surface area contributed by atoms with Crippen LogP contribution in [0, 0.1) is 5.82 Å². The second-order valence-electron chi connectivity index (χ2n) is 6.86. The molecule has 0 unspecified atom stereocenters. The maximum Gasteiger partial charge on any atom is 0.352 e. The first-order valence-corrected chi connectivity index (χ1v) is 8.94. The van der Waals surface area contributed by atoms with Gasteiger partial charge in [0.2, 0.25) is 0 Å². The van der Waals surface area contributed by atoms with Gasteiger partial charge < -0.3 is 15.0 Å². The van der Waals surface area contributed by atoms with E-state index in [-0.39, 0.29) is 11.5 Å². The first-order valence-electron chi connectivity index (χ1n) is 8.94. The summed E-state index contributed by atoms with van der Waals surface area (Å²) in [4.78, 5) is 11.8. The molecule has 2 N–H and O–H groups in total. The highest BCUT2D eigenvalue weighted by atomic mass is 19.1. The summed E-state index contributed by atoms with van der Waals surface area (Å²) < 4.78 is 15.3. The molecule has 1 fully saturated rings. The number of carbonyl (C=O) groups is 1. The number of aromatic carboxylic acids is 1. The molecule has 4 nitrogen and oxygen atoms in total. The molecule has 5 heteroatoms. The van der Waals surface area contributed by atoms with Gasteiger partial charge in [-0.05, 0) is 67.2 Å². The molecule has 1 aliphatic heterocycles. The Labute approximate surface area is 151 Å². The highest BCUT2D eigenvalue weighted by molar-refractivity contribution is 5.96. The molecule has 2 aromatic carbocycles. The van der Waals surface area contributed by atoms with E-state index in [9.17, 15) is 14.3 Å². The topological polar surface area (TPSA) is 54.3 Å². The summed E-state index contributed by atoms with van der Waals surface area (Å²) in [6, 6.07) is 14.1. The van der Waals surface area contributed by atoms with Gasteiger partial charge in [0, 0.05) is 17.4 Å². The third-order valence-electron chi connectivity index (χ3n) is 5.21. The van der Waals surface area contributed by atoms with E-state index in [1.807, 2.05) is 18.2 Å². The molecule has 0 spiro atoms. The molecule has 1 aliphatic rings. The van der Waals surface area contributed by atoms with Gasteiger partial charge in [-0.15, -0.1) is 0 Å². The van der Waals surface area contributed by atoms with E-state index in [4.69, 9.17) is 0 Å². The van der Waals surface area contributed by atoms with E-state index in [0.717, 1.165) is 42.4 Å². The third-order valence-corrected chi connectivity index (χ3v) is 5.21. The Morgan fingerprint density at radius 1 is 1.15 bits per heavy atom. The zero-order valence-corrected chi connectivity index (χ0v) is 14.4. The van der Waals surface area contributed by atoms with Crippen LogP contribution >= 0.6 is 0 Å². The SMILES string of the molecule is O=C(O)c1cc2c(C3CCNCC3)cccc2n1Cc1cccc(F)c1. The Kier molecular flexibility index (Phi) is 4.47. The molecule has 0 amide bonds. The zero-order chi connectivity index (χ0) is 18.1. The monoisotopic (exact) mass is 352 g/mol. The molecule has 0 aliphatic carbocycles. The van der Waals surface area contributed by atoms with E-state index in [1.54, 1.807) is 16.7 Å². The van der Waals surface area contributed by atoms with Gasteiger partial charge in [0.1, 0.15) is 11.5 Å². The van der Waals surface area contributed by atoms with Crippen molar-refractivity contribution in [3.8, 4) is 0 Å². The predicted octanol–water partition coefficient (Wildman–Crippen LogP) is 3.99. The Morgan fingerprint density at radius 3 is 2.65 bits per heavy atom. The largest absolute Gasteiger partial charge is 0.477 e. The summed E-state index contributed by atoms with van der Waals surface area (Å²) in [5.41, 5.74) is 3.09. The number of carboxylic acids is 1. The molecule has 3 aromatic rings. The van der Waals surface area contributed by atoms with E-state index >= 15 is 0 Å². The summed E-state index contributed by atoms with van der Waals surface area (Å²) in [6.07, 6.45) is 2.10. The molecule has 0 saturated carbocycles. The van der Waals surface area contributed by atoms with Crippen molar-refractivity contribution in [1.29, 1.82) is 0 Å². The van der Waals surface area contributed by atoms with Crippen LogP contribution in [-0.4, -0.2) is 28.7 Å². The highest BCUT2D eigenvalue weighted by Crippen LogP contribution is 2.33. The molecular weight excluding hydrogens is 331 g/mol. The normalized spacial score (nSPS) is 15.4. The van der Waals surface area contributed by atoms with E-state index < -0.39 is 5.97 Å². The minimum absolute atomic E-state index is 0.241. The van der Waals surface area contributed by atoms with Crippen LogP contribution in [0.1, 0.15) is 40.4 Å². The van der Waals surface area contributed by atoms with Crippen molar-refractivity contribution in [1.82, 2.24) is 9.88 Å². The first-order chi connectivity index (χ1) is 12.6. The quantitative estimate of drug-likeness (QED) is 0.746. The van der Waals surface area contributed by atoms with Crippen molar-refractivity contribution < 1.29 is 14.3 Å². The van der Waals surface area contributed by atoms with Crippen LogP contribution in [0.4, 0.5) is 4.39 Å². The first kappa shape index (κ1) is 16.8. The van der Waals surface area contributed by atoms with Gasteiger partial charge in [-0.1, -0.05) is 24.3 Å². The van der Waals surface area contributed by atoms with E-state index in [1.165, 1.54) is 17.7 Å². The van der Waals surface area contributed by atoms with Crippen LogP contribution in [0.15, 0.2) is 48.5 Å². The lowest BCUT2D eigenvalue weighted by molar-refractivity contribution is 0.0686. The fourth-order valence-corrected chi connectivity index (χ4v) is 3.96. The van der Waals surface area contributed by atoms with E-state index in [2.05, 4.69) is 11.4 Å². The van der Waals surface area contributed by atoms with Gasteiger partial charge in [-0.2, -0.15) is 0 Å². The Balaban J connectivity index is 1.83. The fourth-order valence-electron chi connectivity index (χ4n) is 3.96. The Bertz CT molecular complexity index is 958. The second kappa shape index (κ2) is 6.92. The van der Waals surface area contributed by atoms with Crippen molar-refractivity contribution in [3.05, 3.63) is 71.2 Å². The van der Waals surface area contributed by atoms with Gasteiger partial charge in [-0.25, -0.2) is 9.18 Å². The van der Waals surface area contributed by atoms with Crippen LogP contribution in [0.2, 0.25) is 0 Å². The Morgan fingerprint density at radius 2 is 1.92 bits per heavy atom. The third kappa shape index (κ3) is 3.10. The summed E-state index contributed by atoms with van der Waals surface area (Å²) in [7, 11) is 0. The van der Waals surface area contributed by atoms with Crippen molar-refractivity contribution in [2.45, 2.75) is 25.3 Å². The fraction of sp³-hybridized carbons (Fsp3) is 0.286. The number of nitrogens with one attached hydrogen (secondary N) is 1. The number of piperidine rings is 1. The van der Waals surface area contributed by atoms with Gasteiger partial charge in [0.05, 0.1) is 0 Å². The van der Waals surface area contributed by atoms with Crippen LogP contribution < -0.4 is 5.32 Å². The summed E-state index contributed by atoms with van der Waals surface area (Å²) in [5, 5.41) is 14.1. The molecule has 4 rings (SSSR count). The summed E-state index contributed by atoms with van der Waals surface area (Å²) in [6.45, 7) is 2.30. The van der Waals surface area contributed by atoms with Crippen LogP contribution in [0.3, 0.4) is 0 Å². The molecular formula is C21H21FN2O2. The summed E-state index contributed by atoms with van der Waals surface area (Å²) >= 11 is 0. The number of aromatic nitrogens is 1. The lowest BCUT2D eigenvalue weighted by atomic mass is 9.88. The lowest BCUT2D eigenvalue weighted by Crippen LogP contribution is -2.26. The average molecular weight is 352 g/mol. The van der Waals surface area contributed by atoms with Gasteiger partial charge in [0.15, 0.2) is 0 Å². The van der Waals surface area contributed by atoms with Crippen LogP contribution in [0.5, 0.6) is 0 Å². The minimum atomic E-state index is -0.964. The number of fused-ring (bicyclic) bond motifs is 1. The van der Waals surface area contributed by atoms with Gasteiger partial charge in [0.25, 0.3) is 0 Å². The standard InChI is InChI=1S/C21H21FN2O2/c22-16-4-1-3-14(11-16)13-24-19-6-2-5-17(15-7-9-23-10-8-15)18(19)12-20(24)21(25)26/h1-6,11-12,15,23H,7-10,13H2,(H,25,26). The maximum atomic E-state index is 13.5. The van der Waals surface area contributed by atoms with E-state index in [0.29, 0.717) is 12.5 Å². The minimum Gasteiger partial charge on any atom is -0.477 e. The molecule has 134 valence electrons. The summed E-state index contributed by atoms with van der Waals surface area (Å²) in [5.74, 6) is -0.841. The number of carboxylic acid groups (broad SMARTS) is 1. The van der Waals surface area contributed by atoms with Crippen LogP contribution in [0.25, 0.3) is 10.9 Å². The van der Waals surface area contributed by atoms with Crippen molar-refractivity contribution in [3.63, 3.8) is 0 Å². The lowest BCUT2D eigenvalue weighted by Gasteiger charge is -2.23. The number of hydrogen-bond donors (Lipinski definition) is 2. The van der Waals surface area contributed by atoms with Gasteiger partial charge >= 0.3 is 5.97 Å². The van der Waals surface area contributed by atoms with Gasteiger partial charge in [-0.3, -0.25) is 0 Å². The molecule has 2 heterocycles. The molecule has 26 heavy (non-hydrogen) atoms. The number of hydrogen-bond acceptors (Lipinski definition) is 2. The Hall–Kier alpha value is -2.66. The number of nitrogens with zero attached hydrogens (tertiary/aromatic N) is 1. The van der Waals surface area contributed by atoms with Crippen molar-refractivity contribution >= 4 is 16.9 Å². The molecule has 0 radical (unpaired) electrons. The maximum absolute atomic E-state index is 13.5. The number of benzene rings is 2. The molecule has 1 saturated heterocycles. The van der Waals surface area contributed by atoms with Crippen molar-refractivity contribution in [2.24, 2.45) is 0 Å². The average Bonchev–Trinajstić information content (AvgIpc) is 3.01. The number of rotatable bonds is 4. The second-order valence-corrected chi connectivity index (χ2v) is 6.86. The van der Waals surface area contributed by atoms with Crippen molar-refractivity contribution in [2.75, 3.05) is 13.1 Å². The van der Waals surface area contributed by atoms with Crippen LogP contribution in [-0.2, 0) is 6.54 Å². The molecule has 1 aromatic heterocycles.